The van der Waals surface area contributed by atoms with E-state index >= 15 is 0 Å². The number of non-ortho nitro benzene ring substituents is 1. The number of thiophene rings is 1. The Morgan fingerprint density at radius 1 is 1.50 bits per heavy atom. The second-order valence-corrected chi connectivity index (χ2v) is 6.39. The molecule has 1 aromatic heterocycles. The third-order valence-corrected chi connectivity index (χ3v) is 4.81. The molecule has 2 aromatic rings. The van der Waals surface area contributed by atoms with Crippen LogP contribution in [0.5, 0.6) is 0 Å². The summed E-state index contributed by atoms with van der Waals surface area (Å²) in [7, 11) is 1.90. The summed E-state index contributed by atoms with van der Waals surface area (Å²) in [6.45, 7) is 0.949. The van der Waals surface area contributed by atoms with E-state index in [1.807, 2.05) is 23.4 Å². The first kappa shape index (κ1) is 16.1. The van der Waals surface area contributed by atoms with Gasteiger partial charge >= 0.3 is 0 Å². The van der Waals surface area contributed by atoms with Crippen LogP contribution >= 0.6 is 11.3 Å². The quantitative estimate of drug-likeness (QED) is 0.681. The van der Waals surface area contributed by atoms with Crippen molar-refractivity contribution in [3.63, 3.8) is 0 Å². The summed E-state index contributed by atoms with van der Waals surface area (Å²) in [5, 5.41) is 15.7. The number of rotatable bonds is 4. The van der Waals surface area contributed by atoms with Gasteiger partial charge in [0.15, 0.2) is 0 Å². The van der Waals surface area contributed by atoms with Gasteiger partial charge in [-0.05, 0) is 17.5 Å². The predicted molar refractivity (Wildman–Crippen MR) is 94.4 cm³/mol. The Labute approximate surface area is 142 Å². The minimum atomic E-state index is -0.419. The number of nitro benzene ring substituents is 1. The van der Waals surface area contributed by atoms with Gasteiger partial charge in [0.25, 0.3) is 11.6 Å². The van der Waals surface area contributed by atoms with Crippen molar-refractivity contribution >= 4 is 34.8 Å². The largest absolute Gasteiger partial charge is 0.367 e. The fourth-order valence-corrected chi connectivity index (χ4v) is 3.22. The molecule has 1 aliphatic heterocycles. The number of benzene rings is 1. The molecule has 1 N–H and O–H groups in total. The molecule has 2 heterocycles. The molecule has 3 rings (SSSR count). The van der Waals surface area contributed by atoms with Crippen molar-refractivity contribution in [1.82, 2.24) is 5.32 Å². The number of amides is 1. The normalized spacial score (nSPS) is 16.4. The van der Waals surface area contributed by atoms with Gasteiger partial charge in [0.1, 0.15) is 0 Å². The van der Waals surface area contributed by atoms with Crippen LogP contribution in [0.3, 0.4) is 0 Å². The molecule has 24 heavy (non-hydrogen) atoms. The lowest BCUT2D eigenvalue weighted by molar-refractivity contribution is -0.384. The highest BCUT2D eigenvalue weighted by atomic mass is 32.1. The fraction of sp³-hybridized carbons (Fsp3) is 0.250. The Kier molecular flexibility index (Phi) is 4.57. The summed E-state index contributed by atoms with van der Waals surface area (Å²) in [5.74, 6) is -0.101. The standard InChI is InChI=1S/C16H16N4O3S/c1-19-13(10-18-16(21)15-3-2-6-24-15)9-17-8-11-7-12(20(22)23)4-5-14(11)19/h2-8,13H,9-10H2,1H3,(H,18,21). The van der Waals surface area contributed by atoms with Gasteiger partial charge in [0.2, 0.25) is 0 Å². The molecule has 1 amide bonds. The van der Waals surface area contributed by atoms with Crippen molar-refractivity contribution < 1.29 is 9.72 Å². The van der Waals surface area contributed by atoms with Crippen LogP contribution in [-0.4, -0.2) is 43.2 Å². The molecule has 0 fully saturated rings. The summed E-state index contributed by atoms with van der Waals surface area (Å²) in [6, 6.07) is 8.32. The van der Waals surface area contributed by atoms with E-state index in [0.717, 1.165) is 5.69 Å². The van der Waals surface area contributed by atoms with E-state index in [4.69, 9.17) is 0 Å². The van der Waals surface area contributed by atoms with Crippen LogP contribution in [0.25, 0.3) is 0 Å². The second kappa shape index (κ2) is 6.79. The van der Waals surface area contributed by atoms with Crippen LogP contribution < -0.4 is 10.2 Å². The van der Waals surface area contributed by atoms with Crippen LogP contribution in [0.1, 0.15) is 15.2 Å². The summed E-state index contributed by atoms with van der Waals surface area (Å²) < 4.78 is 0. The smallest absolute Gasteiger partial charge is 0.270 e. The highest BCUT2D eigenvalue weighted by Gasteiger charge is 2.22. The SMILES string of the molecule is CN1c2ccc([N+](=O)[O-])cc2C=NCC1CNC(=O)c1cccs1. The maximum absolute atomic E-state index is 12.1. The average molecular weight is 344 g/mol. The number of nitrogens with one attached hydrogen (secondary N) is 1. The average Bonchev–Trinajstić information content (AvgIpc) is 3.06. The van der Waals surface area contributed by atoms with Gasteiger partial charge in [0.05, 0.1) is 22.4 Å². The minimum absolute atomic E-state index is 0.0205. The number of anilines is 1. The molecule has 0 spiro atoms. The highest BCUT2D eigenvalue weighted by Crippen LogP contribution is 2.26. The van der Waals surface area contributed by atoms with Gasteiger partial charge in [-0.2, -0.15) is 0 Å². The zero-order valence-corrected chi connectivity index (χ0v) is 13.8. The molecule has 8 heteroatoms. The number of nitrogens with zero attached hydrogens (tertiary/aromatic N) is 3. The van der Waals surface area contributed by atoms with Gasteiger partial charge < -0.3 is 10.2 Å². The predicted octanol–water partition coefficient (Wildman–Crippen LogP) is 2.32. The van der Waals surface area contributed by atoms with E-state index in [1.165, 1.54) is 23.5 Å². The molecule has 0 aliphatic carbocycles. The van der Waals surface area contributed by atoms with Gasteiger partial charge in [0, 0.05) is 43.2 Å². The highest BCUT2D eigenvalue weighted by molar-refractivity contribution is 7.12. The lowest BCUT2D eigenvalue weighted by atomic mass is 10.1. The van der Waals surface area contributed by atoms with E-state index < -0.39 is 4.92 Å². The minimum Gasteiger partial charge on any atom is -0.367 e. The molecule has 124 valence electrons. The molecule has 0 saturated heterocycles. The number of benzodiazepines with no additional fused rings is 1. The van der Waals surface area contributed by atoms with Crippen molar-refractivity contribution in [3.05, 3.63) is 56.3 Å². The topological polar surface area (TPSA) is 87.8 Å². The van der Waals surface area contributed by atoms with Gasteiger partial charge in [-0.25, -0.2) is 0 Å². The molecule has 1 aliphatic rings. The summed E-state index contributed by atoms with van der Waals surface area (Å²) >= 11 is 1.40. The van der Waals surface area contributed by atoms with Crippen molar-refractivity contribution in [2.45, 2.75) is 6.04 Å². The molecule has 0 radical (unpaired) electrons. The number of carbonyl (C=O) groups excluding carboxylic acids is 1. The molecule has 1 aromatic carbocycles. The van der Waals surface area contributed by atoms with Gasteiger partial charge in [-0.3, -0.25) is 19.9 Å². The first-order valence-electron chi connectivity index (χ1n) is 7.39. The van der Waals surface area contributed by atoms with Crippen LogP contribution in [0.4, 0.5) is 11.4 Å². The summed E-state index contributed by atoms with van der Waals surface area (Å²) in [6.07, 6.45) is 1.65. The van der Waals surface area contributed by atoms with Gasteiger partial charge in [-0.15, -0.1) is 11.3 Å². The van der Waals surface area contributed by atoms with Crippen molar-refractivity contribution in [3.8, 4) is 0 Å². The zero-order valence-electron chi connectivity index (χ0n) is 13.0. The van der Waals surface area contributed by atoms with Crippen molar-refractivity contribution in [2.24, 2.45) is 4.99 Å². The van der Waals surface area contributed by atoms with Crippen LogP contribution in [-0.2, 0) is 0 Å². The molecular weight excluding hydrogens is 328 g/mol. The maximum atomic E-state index is 12.1. The number of carbonyl (C=O) groups is 1. The van der Waals surface area contributed by atoms with E-state index in [1.54, 1.807) is 18.3 Å². The number of likely N-dealkylation sites (N-methyl/N-ethyl adjacent to an activating group) is 1. The Morgan fingerprint density at radius 3 is 3.04 bits per heavy atom. The lowest BCUT2D eigenvalue weighted by Crippen LogP contribution is -2.43. The van der Waals surface area contributed by atoms with Crippen LogP contribution in [0.15, 0.2) is 40.7 Å². The fourth-order valence-electron chi connectivity index (χ4n) is 2.58. The first-order valence-corrected chi connectivity index (χ1v) is 8.27. The molecule has 1 atom stereocenters. The molecule has 0 saturated carbocycles. The number of aliphatic imine (C=N–C) groups is 1. The number of nitro groups is 1. The Hall–Kier alpha value is -2.74. The Balaban J connectivity index is 1.74. The second-order valence-electron chi connectivity index (χ2n) is 5.45. The summed E-state index contributed by atoms with van der Waals surface area (Å²) in [4.78, 5) is 29.6. The Bertz CT molecular complexity index is 789. The van der Waals surface area contributed by atoms with E-state index in [2.05, 4.69) is 10.3 Å². The zero-order chi connectivity index (χ0) is 17.1. The van der Waals surface area contributed by atoms with Crippen molar-refractivity contribution in [2.75, 3.05) is 25.0 Å². The van der Waals surface area contributed by atoms with E-state index in [9.17, 15) is 14.9 Å². The summed E-state index contributed by atoms with van der Waals surface area (Å²) in [5.41, 5.74) is 1.61. The monoisotopic (exact) mass is 344 g/mol. The van der Waals surface area contributed by atoms with Gasteiger partial charge in [-0.1, -0.05) is 6.07 Å². The van der Waals surface area contributed by atoms with E-state index in [-0.39, 0.29) is 17.6 Å². The molecular formula is C16H16N4O3S. The number of hydrogen-bond acceptors (Lipinski definition) is 6. The lowest BCUT2D eigenvalue weighted by Gasteiger charge is -2.28. The number of hydrogen-bond donors (Lipinski definition) is 1. The Morgan fingerprint density at radius 2 is 2.33 bits per heavy atom. The van der Waals surface area contributed by atoms with Crippen molar-refractivity contribution in [1.29, 1.82) is 0 Å². The molecule has 0 bridgehead atoms. The van der Waals surface area contributed by atoms with E-state index in [0.29, 0.717) is 23.5 Å². The maximum Gasteiger partial charge on any atom is 0.270 e. The van der Waals surface area contributed by atoms with Crippen LogP contribution in [0.2, 0.25) is 0 Å². The van der Waals surface area contributed by atoms with Crippen LogP contribution in [0, 0.1) is 10.1 Å². The third kappa shape index (κ3) is 3.28. The molecule has 1 unspecified atom stereocenters. The first-order chi connectivity index (χ1) is 11.6. The third-order valence-electron chi connectivity index (χ3n) is 3.94. The molecule has 7 nitrogen and oxygen atoms in total. The number of fused-ring (bicyclic) bond motifs is 1.